The number of nitrogens with zero attached hydrogens (tertiary/aromatic N) is 3. The predicted octanol–water partition coefficient (Wildman–Crippen LogP) is 4.30. The van der Waals surface area contributed by atoms with Crippen LogP contribution in [0, 0.1) is 0 Å². The van der Waals surface area contributed by atoms with E-state index in [1.165, 1.54) is 6.07 Å². The largest absolute Gasteiger partial charge is 0.454 e. The molecule has 1 amide bonds. The third kappa shape index (κ3) is 4.02. The first-order valence-corrected chi connectivity index (χ1v) is 10.5. The normalized spacial score (nSPS) is 11.4. The maximum atomic E-state index is 13.0. The lowest BCUT2D eigenvalue weighted by Gasteiger charge is -2.12. The maximum Gasteiger partial charge on any atom is 0.255 e. The van der Waals surface area contributed by atoms with Crippen LogP contribution in [-0.4, -0.2) is 41.0 Å². The Morgan fingerprint density at radius 3 is 2.52 bits per heavy atom. The number of aromatic nitrogens is 2. The first-order valence-electron chi connectivity index (χ1n) is 10.5. The molecule has 5 aromatic rings. The number of fused-ring (bicyclic) bond motifs is 3. The maximum absolute atomic E-state index is 13.0. The van der Waals surface area contributed by atoms with Crippen molar-refractivity contribution in [3.05, 3.63) is 89.5 Å². The molecule has 7 nitrogen and oxygen atoms in total. The predicted molar refractivity (Wildman–Crippen MR) is 130 cm³/mol. The van der Waals surface area contributed by atoms with Crippen LogP contribution in [0.1, 0.15) is 0 Å². The number of nitrogens with one attached hydrogen (secondary N) is 1. The summed E-state index contributed by atoms with van der Waals surface area (Å²) in [5.74, 6) is -0.101. The van der Waals surface area contributed by atoms with Gasteiger partial charge in [-0.15, -0.1) is 0 Å². The molecule has 33 heavy (non-hydrogen) atoms. The Hall–Kier alpha value is -4.23. The van der Waals surface area contributed by atoms with Crippen molar-refractivity contribution in [1.29, 1.82) is 0 Å². The summed E-state index contributed by atoms with van der Waals surface area (Å²) in [7, 11) is 3.68. The molecule has 0 spiro atoms. The van der Waals surface area contributed by atoms with Crippen LogP contribution in [0.2, 0.25) is 0 Å². The fourth-order valence-electron chi connectivity index (χ4n) is 3.93. The fraction of sp³-hybridized carbons (Fsp3) is 0.115. The van der Waals surface area contributed by atoms with Gasteiger partial charge < -0.3 is 14.6 Å². The Bertz CT molecular complexity index is 1520. The van der Waals surface area contributed by atoms with Crippen LogP contribution in [0.3, 0.4) is 0 Å². The van der Waals surface area contributed by atoms with Crippen LogP contribution in [0.25, 0.3) is 38.9 Å². The van der Waals surface area contributed by atoms with Gasteiger partial charge in [-0.3, -0.25) is 19.1 Å². The minimum Gasteiger partial charge on any atom is -0.454 e. The Balaban J connectivity index is 1.61. The Morgan fingerprint density at radius 2 is 1.79 bits per heavy atom. The van der Waals surface area contributed by atoms with E-state index in [0.717, 1.165) is 16.5 Å². The minimum absolute atomic E-state index is 0.101. The second kappa shape index (κ2) is 8.37. The number of furan rings is 1. The van der Waals surface area contributed by atoms with Gasteiger partial charge in [0, 0.05) is 40.8 Å². The molecule has 0 saturated carbocycles. The third-order valence-electron chi connectivity index (χ3n) is 5.37. The van der Waals surface area contributed by atoms with Gasteiger partial charge in [0.25, 0.3) is 5.56 Å². The molecule has 0 bridgehead atoms. The monoisotopic (exact) mass is 438 g/mol. The summed E-state index contributed by atoms with van der Waals surface area (Å²) in [6.45, 7) is 0.292. The molecule has 164 valence electrons. The standard InChI is InChI=1S/C26H22N4O3/c1-29(2)16-24(31)28-19-6-8-20(9-7-19)30-25(32)12-11-23-26(30)21-14-17(5-10-22(21)33-23)18-4-3-13-27-15-18/h3-15H,16H2,1-2H3,(H,28,31). The molecule has 0 radical (unpaired) electrons. The number of anilines is 1. The summed E-state index contributed by atoms with van der Waals surface area (Å²) in [6, 6.07) is 20.2. The highest BCUT2D eigenvalue weighted by Gasteiger charge is 2.15. The van der Waals surface area contributed by atoms with E-state index in [-0.39, 0.29) is 11.5 Å². The number of amides is 1. The molecule has 0 aliphatic heterocycles. The van der Waals surface area contributed by atoms with Crippen LogP contribution >= 0.6 is 0 Å². The van der Waals surface area contributed by atoms with E-state index in [0.29, 0.717) is 34.6 Å². The summed E-state index contributed by atoms with van der Waals surface area (Å²) in [4.78, 5) is 31.0. The Labute approximate surface area is 189 Å². The molecule has 0 unspecified atom stereocenters. The van der Waals surface area contributed by atoms with Gasteiger partial charge in [-0.05, 0) is 68.2 Å². The summed E-state index contributed by atoms with van der Waals surface area (Å²) in [5, 5.41) is 3.70. The van der Waals surface area contributed by atoms with E-state index in [9.17, 15) is 9.59 Å². The topological polar surface area (TPSA) is 80.4 Å². The highest BCUT2D eigenvalue weighted by Crippen LogP contribution is 2.32. The first-order chi connectivity index (χ1) is 16.0. The highest BCUT2D eigenvalue weighted by molar-refractivity contribution is 6.05. The van der Waals surface area contributed by atoms with Crippen LogP contribution in [0.5, 0.6) is 0 Å². The zero-order valence-corrected chi connectivity index (χ0v) is 18.3. The average Bonchev–Trinajstić information content (AvgIpc) is 3.18. The smallest absolute Gasteiger partial charge is 0.255 e. The summed E-state index contributed by atoms with van der Waals surface area (Å²) in [5.41, 5.74) is 5.18. The van der Waals surface area contributed by atoms with E-state index < -0.39 is 0 Å². The zero-order chi connectivity index (χ0) is 22.9. The van der Waals surface area contributed by atoms with Gasteiger partial charge in [0.15, 0.2) is 5.58 Å². The quantitative estimate of drug-likeness (QED) is 0.443. The summed E-state index contributed by atoms with van der Waals surface area (Å²) >= 11 is 0. The fourth-order valence-corrected chi connectivity index (χ4v) is 3.93. The number of carbonyl (C=O) groups excluding carboxylic acids is 1. The van der Waals surface area contributed by atoms with Gasteiger partial charge in [-0.2, -0.15) is 0 Å². The molecule has 0 aliphatic rings. The first kappa shape index (κ1) is 20.7. The number of hydrogen-bond donors (Lipinski definition) is 1. The molecule has 7 heteroatoms. The van der Waals surface area contributed by atoms with E-state index in [1.54, 1.807) is 40.1 Å². The lowest BCUT2D eigenvalue weighted by Crippen LogP contribution is -2.27. The van der Waals surface area contributed by atoms with Gasteiger partial charge in [0.2, 0.25) is 5.91 Å². The van der Waals surface area contributed by atoms with E-state index in [4.69, 9.17) is 4.42 Å². The molecule has 3 heterocycles. The van der Waals surface area contributed by atoms with Crippen LogP contribution < -0.4 is 10.9 Å². The van der Waals surface area contributed by atoms with E-state index >= 15 is 0 Å². The van der Waals surface area contributed by atoms with Crippen molar-refractivity contribution in [2.24, 2.45) is 0 Å². The number of hydrogen-bond acceptors (Lipinski definition) is 5. The van der Waals surface area contributed by atoms with Gasteiger partial charge >= 0.3 is 0 Å². The second-order valence-electron chi connectivity index (χ2n) is 8.11. The van der Waals surface area contributed by atoms with Crippen molar-refractivity contribution >= 4 is 33.7 Å². The molecule has 0 saturated heterocycles. The molecule has 2 aromatic carbocycles. The van der Waals surface area contributed by atoms with Crippen molar-refractivity contribution < 1.29 is 9.21 Å². The summed E-state index contributed by atoms with van der Waals surface area (Å²) in [6.07, 6.45) is 3.54. The number of benzene rings is 2. The van der Waals surface area contributed by atoms with Crippen molar-refractivity contribution in [2.45, 2.75) is 0 Å². The molecular formula is C26H22N4O3. The molecular weight excluding hydrogens is 416 g/mol. The van der Waals surface area contributed by atoms with Crippen molar-refractivity contribution in [2.75, 3.05) is 26.0 Å². The van der Waals surface area contributed by atoms with Crippen LogP contribution in [0.4, 0.5) is 5.69 Å². The Morgan fingerprint density at radius 1 is 1.00 bits per heavy atom. The van der Waals surface area contributed by atoms with Gasteiger partial charge in [0.05, 0.1) is 6.54 Å². The SMILES string of the molecule is CN(C)CC(=O)Nc1ccc(-n2c(=O)ccc3oc4ccc(-c5cccnc5)cc4c32)cc1. The van der Waals surface area contributed by atoms with Gasteiger partial charge in [0.1, 0.15) is 11.1 Å². The highest BCUT2D eigenvalue weighted by atomic mass is 16.3. The number of pyridine rings is 2. The molecule has 1 N–H and O–H groups in total. The van der Waals surface area contributed by atoms with Crippen molar-refractivity contribution in [3.63, 3.8) is 0 Å². The number of carbonyl (C=O) groups is 1. The number of likely N-dealkylation sites (N-methyl/N-ethyl adjacent to an activating group) is 1. The molecule has 3 aromatic heterocycles. The zero-order valence-electron chi connectivity index (χ0n) is 18.3. The molecule has 0 fully saturated rings. The Kier molecular flexibility index (Phi) is 5.24. The van der Waals surface area contributed by atoms with E-state index in [1.807, 2.05) is 56.6 Å². The molecule has 0 atom stereocenters. The number of rotatable bonds is 5. The second-order valence-corrected chi connectivity index (χ2v) is 8.11. The lowest BCUT2D eigenvalue weighted by molar-refractivity contribution is -0.116. The van der Waals surface area contributed by atoms with Crippen LogP contribution in [-0.2, 0) is 4.79 Å². The van der Waals surface area contributed by atoms with Gasteiger partial charge in [-0.1, -0.05) is 12.1 Å². The van der Waals surface area contributed by atoms with Crippen molar-refractivity contribution in [3.8, 4) is 16.8 Å². The molecule has 5 rings (SSSR count). The molecule has 0 aliphatic carbocycles. The van der Waals surface area contributed by atoms with Crippen molar-refractivity contribution in [1.82, 2.24) is 14.5 Å². The summed E-state index contributed by atoms with van der Waals surface area (Å²) < 4.78 is 7.68. The average molecular weight is 438 g/mol. The third-order valence-corrected chi connectivity index (χ3v) is 5.37. The van der Waals surface area contributed by atoms with Gasteiger partial charge in [-0.25, -0.2) is 0 Å². The van der Waals surface area contributed by atoms with E-state index in [2.05, 4.69) is 10.3 Å². The van der Waals surface area contributed by atoms with Crippen LogP contribution in [0.15, 0.2) is 88.3 Å². The minimum atomic E-state index is -0.165. The lowest BCUT2D eigenvalue weighted by atomic mass is 10.1.